The van der Waals surface area contributed by atoms with E-state index in [1.165, 1.54) is 6.07 Å². The molecule has 2 aliphatic rings. The molecule has 34 heavy (non-hydrogen) atoms. The normalized spacial score (nSPS) is 18.2. The van der Waals surface area contributed by atoms with Crippen molar-refractivity contribution in [3.63, 3.8) is 0 Å². The number of carbonyl (C=O) groups is 1. The number of nitrogens with zero attached hydrogens (tertiary/aromatic N) is 6. The van der Waals surface area contributed by atoms with Crippen molar-refractivity contribution in [3.05, 3.63) is 53.7 Å². The highest BCUT2D eigenvalue weighted by atomic mass is 19.3. The van der Waals surface area contributed by atoms with Gasteiger partial charge in [0.1, 0.15) is 11.9 Å². The number of alkyl halides is 2. The maximum Gasteiger partial charge on any atom is 0.265 e. The summed E-state index contributed by atoms with van der Waals surface area (Å²) < 4.78 is 32.0. The van der Waals surface area contributed by atoms with Gasteiger partial charge in [-0.1, -0.05) is 12.1 Å². The van der Waals surface area contributed by atoms with Crippen LogP contribution in [0.3, 0.4) is 0 Å². The molecule has 0 unspecified atom stereocenters. The number of hydrogen-bond acceptors (Lipinski definition) is 4. The number of halogens is 2. The summed E-state index contributed by atoms with van der Waals surface area (Å²) in [7, 11) is 3.53. The minimum atomic E-state index is -2.69. The molecule has 9 heteroatoms. The third-order valence-corrected chi connectivity index (χ3v) is 6.84. The first-order valence-corrected chi connectivity index (χ1v) is 11.4. The number of fused-ring (bicyclic) bond motifs is 2. The van der Waals surface area contributed by atoms with Crippen LogP contribution < -0.4 is 0 Å². The fourth-order valence-corrected chi connectivity index (χ4v) is 5.00. The maximum absolute atomic E-state index is 14.2. The van der Waals surface area contributed by atoms with E-state index in [4.69, 9.17) is 4.98 Å². The number of pyridine rings is 1. The number of aryl methyl sites for hydroxylation is 1. The molecular formula is C25H24F2N6O. The predicted molar refractivity (Wildman–Crippen MR) is 123 cm³/mol. The van der Waals surface area contributed by atoms with Gasteiger partial charge in [-0.05, 0) is 31.9 Å². The molecule has 1 aromatic carbocycles. The molecule has 0 radical (unpaired) electrons. The number of benzene rings is 1. The van der Waals surface area contributed by atoms with Crippen LogP contribution in [0.5, 0.6) is 0 Å². The summed E-state index contributed by atoms with van der Waals surface area (Å²) in [6.45, 7) is 2.33. The zero-order chi connectivity index (χ0) is 23.7. The molecule has 0 bridgehead atoms. The first kappa shape index (κ1) is 20.9. The Bertz CT molecular complexity index is 1450. The summed E-state index contributed by atoms with van der Waals surface area (Å²) in [5, 5.41) is 4.74. The first-order valence-electron chi connectivity index (χ1n) is 11.4. The van der Waals surface area contributed by atoms with Crippen molar-refractivity contribution in [2.75, 3.05) is 7.05 Å². The molecule has 4 heterocycles. The Labute approximate surface area is 195 Å². The fraction of sp³-hybridized carbons (Fsp3) is 0.360. The molecule has 0 spiro atoms. The highest BCUT2D eigenvalue weighted by Crippen LogP contribution is 2.45. The van der Waals surface area contributed by atoms with Gasteiger partial charge in [-0.2, -0.15) is 5.10 Å². The second-order valence-corrected chi connectivity index (χ2v) is 9.28. The number of imidazole rings is 1. The summed E-state index contributed by atoms with van der Waals surface area (Å²) in [5.74, 6) is 1.32. The van der Waals surface area contributed by atoms with Gasteiger partial charge in [-0.15, -0.1) is 0 Å². The molecule has 4 aromatic rings. The summed E-state index contributed by atoms with van der Waals surface area (Å²) in [5.41, 5.74) is 3.71. The molecule has 1 aliphatic carbocycles. The Morgan fingerprint density at radius 1 is 1.12 bits per heavy atom. The third-order valence-electron chi connectivity index (χ3n) is 6.84. The summed E-state index contributed by atoms with van der Waals surface area (Å²) in [6, 6.07) is 6.81. The van der Waals surface area contributed by atoms with Crippen LogP contribution in [0.25, 0.3) is 33.4 Å². The van der Waals surface area contributed by atoms with Crippen molar-refractivity contribution in [2.45, 2.75) is 44.7 Å². The van der Waals surface area contributed by atoms with Crippen molar-refractivity contribution < 1.29 is 13.6 Å². The van der Waals surface area contributed by atoms with E-state index < -0.39 is 6.43 Å². The van der Waals surface area contributed by atoms with Crippen molar-refractivity contribution in [3.8, 4) is 22.5 Å². The Balaban J connectivity index is 1.59. The summed E-state index contributed by atoms with van der Waals surface area (Å²) >= 11 is 0. The third kappa shape index (κ3) is 3.13. The summed E-state index contributed by atoms with van der Waals surface area (Å²) in [6.07, 6.45) is 2.64. The largest absolute Gasteiger partial charge is 0.338 e. The first-order chi connectivity index (χ1) is 16.3. The second kappa shape index (κ2) is 7.44. The Morgan fingerprint density at radius 3 is 2.59 bits per heavy atom. The van der Waals surface area contributed by atoms with Crippen LogP contribution >= 0.6 is 0 Å². The van der Waals surface area contributed by atoms with Crippen LogP contribution in [-0.4, -0.2) is 42.2 Å². The van der Waals surface area contributed by atoms with Crippen molar-refractivity contribution in [2.24, 2.45) is 7.05 Å². The number of hydrogen-bond donors (Lipinski definition) is 0. The zero-order valence-electron chi connectivity index (χ0n) is 19.2. The number of amides is 1. The lowest BCUT2D eigenvalue weighted by atomic mass is 9.99. The van der Waals surface area contributed by atoms with Gasteiger partial charge in [0.05, 0.1) is 35.3 Å². The van der Waals surface area contributed by atoms with Gasteiger partial charge in [0, 0.05) is 48.3 Å². The molecule has 0 saturated heterocycles. The van der Waals surface area contributed by atoms with Crippen molar-refractivity contribution in [1.82, 2.24) is 29.2 Å². The topological polar surface area (TPSA) is 68.8 Å². The van der Waals surface area contributed by atoms with Gasteiger partial charge >= 0.3 is 0 Å². The van der Waals surface area contributed by atoms with Gasteiger partial charge in [-0.25, -0.2) is 18.7 Å². The van der Waals surface area contributed by atoms with E-state index in [2.05, 4.69) is 14.6 Å². The van der Waals surface area contributed by atoms with Gasteiger partial charge in [0.25, 0.3) is 6.43 Å². The molecule has 1 fully saturated rings. The van der Waals surface area contributed by atoms with E-state index in [9.17, 15) is 13.6 Å². The Morgan fingerprint density at radius 2 is 1.91 bits per heavy atom. The number of likely N-dealkylation sites (N-methyl/N-ethyl adjacent to an activating group) is 1. The minimum Gasteiger partial charge on any atom is -0.338 e. The number of rotatable bonds is 4. The molecule has 1 saturated carbocycles. The summed E-state index contributed by atoms with van der Waals surface area (Å²) in [4.78, 5) is 24.1. The van der Waals surface area contributed by atoms with Crippen molar-refractivity contribution >= 4 is 16.8 Å². The van der Waals surface area contributed by atoms with Gasteiger partial charge < -0.3 is 9.47 Å². The quantitative estimate of drug-likeness (QED) is 0.435. The van der Waals surface area contributed by atoms with Crippen LogP contribution in [0.2, 0.25) is 0 Å². The molecule has 0 N–H and O–H groups in total. The zero-order valence-corrected chi connectivity index (χ0v) is 19.2. The van der Waals surface area contributed by atoms with E-state index >= 15 is 0 Å². The molecule has 1 atom stereocenters. The highest BCUT2D eigenvalue weighted by molar-refractivity contribution is 5.96. The number of aromatic nitrogens is 5. The van der Waals surface area contributed by atoms with Crippen molar-refractivity contribution in [1.29, 1.82) is 0 Å². The average molecular weight is 463 g/mol. The fourth-order valence-electron chi connectivity index (χ4n) is 5.00. The standard InChI is InChI=1S/C25H24F2N6O/c1-13-25(34)31(2)12-20-22(30-24(33(13)20)14-7-8-14)16-5-4-6-19-17(16)9-18(23(26)27)21(29-19)15-10-28-32(3)11-15/h4-6,9-11,13-14,23H,7-8,12H2,1-3H3/t13-/m0/s1. The smallest absolute Gasteiger partial charge is 0.265 e. The van der Waals surface area contributed by atoms with Crippen LogP contribution in [0.15, 0.2) is 36.7 Å². The molecule has 1 aliphatic heterocycles. The highest BCUT2D eigenvalue weighted by Gasteiger charge is 2.38. The van der Waals surface area contributed by atoms with E-state index in [-0.39, 0.29) is 23.2 Å². The minimum absolute atomic E-state index is 0.0547. The molecule has 7 nitrogen and oxygen atoms in total. The van der Waals surface area contributed by atoms with Gasteiger partial charge in [0.15, 0.2) is 0 Å². The van der Waals surface area contributed by atoms with Gasteiger partial charge in [-0.3, -0.25) is 9.48 Å². The Hall–Kier alpha value is -3.62. The molecule has 1 amide bonds. The molecular weight excluding hydrogens is 438 g/mol. The lowest BCUT2D eigenvalue weighted by Gasteiger charge is -2.31. The van der Waals surface area contributed by atoms with Crippen LogP contribution in [0.1, 0.15) is 55.2 Å². The average Bonchev–Trinajstić information content (AvgIpc) is 3.46. The number of carbonyl (C=O) groups excluding carboxylic acids is 1. The van der Waals surface area contributed by atoms with Gasteiger partial charge in [0.2, 0.25) is 5.91 Å². The van der Waals surface area contributed by atoms with Crippen LogP contribution in [-0.2, 0) is 18.4 Å². The Kier molecular flexibility index (Phi) is 4.59. The van der Waals surface area contributed by atoms with E-state index in [1.807, 2.05) is 25.1 Å². The lowest BCUT2D eigenvalue weighted by Crippen LogP contribution is -2.39. The predicted octanol–water partition coefficient (Wildman–Crippen LogP) is 4.85. The van der Waals surface area contributed by atoms with Crippen LogP contribution in [0, 0.1) is 0 Å². The lowest BCUT2D eigenvalue weighted by molar-refractivity contribution is -0.135. The van der Waals surface area contributed by atoms with Crippen LogP contribution in [0.4, 0.5) is 8.78 Å². The SMILES string of the molecule is C[C@H]1C(=O)N(C)Cc2c(-c3cccc4nc(-c5cnn(C)c5)c(C(F)F)cc34)nc(C3CC3)n21. The molecule has 174 valence electrons. The van der Waals surface area contributed by atoms with E-state index in [0.29, 0.717) is 28.9 Å². The maximum atomic E-state index is 14.2. The van der Waals surface area contributed by atoms with E-state index in [1.54, 1.807) is 36.1 Å². The molecule has 3 aromatic heterocycles. The second-order valence-electron chi connectivity index (χ2n) is 9.28. The molecule has 6 rings (SSSR count). The monoisotopic (exact) mass is 462 g/mol. The van der Waals surface area contributed by atoms with E-state index in [0.717, 1.165) is 35.6 Å².